The van der Waals surface area contributed by atoms with Gasteiger partial charge in [0.25, 0.3) is 0 Å². The minimum atomic E-state index is -0.455. The molecule has 0 aromatic heterocycles. The number of nitrogens with zero attached hydrogens (tertiary/aromatic N) is 1. The molecule has 0 saturated carbocycles. The Balaban J connectivity index is 1.68. The SMILES string of the molecule is CCOc1ccc(NC(=O)[C@@H]2CC(=O)N(c3cccc(Cl)c3Cl)C2)cc1. The largest absolute Gasteiger partial charge is 0.494 e. The number of carbonyl (C=O) groups is 2. The molecule has 1 fully saturated rings. The van der Waals surface area contributed by atoms with E-state index in [9.17, 15) is 9.59 Å². The van der Waals surface area contributed by atoms with Gasteiger partial charge in [0.1, 0.15) is 5.75 Å². The molecule has 2 amide bonds. The van der Waals surface area contributed by atoms with E-state index in [1.54, 1.807) is 42.5 Å². The van der Waals surface area contributed by atoms with E-state index in [4.69, 9.17) is 27.9 Å². The van der Waals surface area contributed by atoms with Crippen LogP contribution in [0.2, 0.25) is 10.0 Å². The van der Waals surface area contributed by atoms with Gasteiger partial charge in [-0.25, -0.2) is 0 Å². The molecule has 26 heavy (non-hydrogen) atoms. The lowest BCUT2D eigenvalue weighted by molar-refractivity contribution is -0.122. The van der Waals surface area contributed by atoms with Crippen molar-refractivity contribution in [1.29, 1.82) is 0 Å². The number of rotatable bonds is 5. The molecule has 0 bridgehead atoms. The van der Waals surface area contributed by atoms with Gasteiger partial charge in [0.05, 0.1) is 28.3 Å². The maximum absolute atomic E-state index is 12.5. The lowest BCUT2D eigenvalue weighted by Gasteiger charge is -2.18. The molecule has 2 aromatic rings. The molecule has 0 spiro atoms. The van der Waals surface area contributed by atoms with Crippen molar-refractivity contribution < 1.29 is 14.3 Å². The summed E-state index contributed by atoms with van der Waals surface area (Å²) in [5.41, 5.74) is 1.19. The topological polar surface area (TPSA) is 58.6 Å². The molecule has 3 rings (SSSR count). The molecule has 1 aliphatic heterocycles. The Bertz CT molecular complexity index is 824. The fourth-order valence-corrected chi connectivity index (χ4v) is 3.26. The van der Waals surface area contributed by atoms with Crippen LogP contribution in [0.5, 0.6) is 5.75 Å². The highest BCUT2D eigenvalue weighted by atomic mass is 35.5. The van der Waals surface area contributed by atoms with Crippen molar-refractivity contribution in [1.82, 2.24) is 0 Å². The van der Waals surface area contributed by atoms with Gasteiger partial charge in [-0.1, -0.05) is 29.3 Å². The zero-order chi connectivity index (χ0) is 18.7. The summed E-state index contributed by atoms with van der Waals surface area (Å²) in [4.78, 5) is 26.4. The number of halogens is 2. The summed E-state index contributed by atoms with van der Waals surface area (Å²) in [5, 5.41) is 3.53. The van der Waals surface area contributed by atoms with Crippen LogP contribution >= 0.6 is 23.2 Å². The Kier molecular flexibility index (Phi) is 5.69. The van der Waals surface area contributed by atoms with Crippen LogP contribution < -0.4 is 15.0 Å². The van der Waals surface area contributed by atoms with Crippen molar-refractivity contribution in [2.45, 2.75) is 13.3 Å². The molecule has 5 nitrogen and oxygen atoms in total. The molecule has 1 atom stereocenters. The second-order valence-electron chi connectivity index (χ2n) is 5.92. The normalized spacial score (nSPS) is 16.7. The van der Waals surface area contributed by atoms with Gasteiger partial charge in [0, 0.05) is 18.7 Å². The zero-order valence-electron chi connectivity index (χ0n) is 14.2. The Hall–Kier alpha value is -2.24. The fraction of sp³-hybridized carbons (Fsp3) is 0.263. The van der Waals surface area contributed by atoms with Crippen molar-refractivity contribution >= 4 is 46.4 Å². The maximum Gasteiger partial charge on any atom is 0.229 e. The van der Waals surface area contributed by atoms with E-state index in [0.717, 1.165) is 5.75 Å². The monoisotopic (exact) mass is 392 g/mol. The van der Waals surface area contributed by atoms with E-state index >= 15 is 0 Å². The van der Waals surface area contributed by atoms with E-state index in [0.29, 0.717) is 28.0 Å². The molecule has 0 unspecified atom stereocenters. The summed E-state index contributed by atoms with van der Waals surface area (Å²) in [6, 6.07) is 12.2. The lowest BCUT2D eigenvalue weighted by Crippen LogP contribution is -2.28. The molecule has 2 aromatic carbocycles. The number of benzene rings is 2. The first-order chi connectivity index (χ1) is 12.5. The second kappa shape index (κ2) is 7.98. The van der Waals surface area contributed by atoms with Gasteiger partial charge >= 0.3 is 0 Å². The van der Waals surface area contributed by atoms with Gasteiger partial charge in [0.2, 0.25) is 11.8 Å². The summed E-state index contributed by atoms with van der Waals surface area (Å²) in [6.45, 7) is 2.75. The highest BCUT2D eigenvalue weighted by molar-refractivity contribution is 6.44. The van der Waals surface area contributed by atoms with Gasteiger partial charge in [-0.2, -0.15) is 0 Å². The van der Waals surface area contributed by atoms with Gasteiger partial charge in [0.15, 0.2) is 0 Å². The van der Waals surface area contributed by atoms with E-state index < -0.39 is 5.92 Å². The van der Waals surface area contributed by atoms with E-state index in [2.05, 4.69) is 5.32 Å². The number of amides is 2. The minimum Gasteiger partial charge on any atom is -0.494 e. The third-order valence-electron chi connectivity index (χ3n) is 4.15. The first kappa shape index (κ1) is 18.5. The molecule has 7 heteroatoms. The predicted molar refractivity (Wildman–Crippen MR) is 103 cm³/mol. The minimum absolute atomic E-state index is 0.131. The molecular weight excluding hydrogens is 375 g/mol. The Morgan fingerprint density at radius 2 is 1.96 bits per heavy atom. The van der Waals surface area contributed by atoms with E-state index in [1.807, 2.05) is 6.92 Å². The van der Waals surface area contributed by atoms with Gasteiger partial charge < -0.3 is 15.0 Å². The summed E-state index contributed by atoms with van der Waals surface area (Å²) in [7, 11) is 0. The first-order valence-electron chi connectivity index (χ1n) is 8.27. The Morgan fingerprint density at radius 1 is 1.23 bits per heavy atom. The Morgan fingerprint density at radius 3 is 2.65 bits per heavy atom. The van der Waals surface area contributed by atoms with Crippen LogP contribution in [0.4, 0.5) is 11.4 Å². The molecular formula is C19H18Cl2N2O3. The molecule has 0 aliphatic carbocycles. The Labute approximate surface area is 161 Å². The van der Waals surface area contributed by atoms with Crippen molar-refractivity contribution in [3.63, 3.8) is 0 Å². The number of carbonyl (C=O) groups excluding carboxylic acids is 2. The zero-order valence-corrected chi connectivity index (χ0v) is 15.7. The number of ether oxygens (including phenoxy) is 1. The molecule has 1 aliphatic rings. The van der Waals surface area contributed by atoms with Gasteiger partial charge in [-0.15, -0.1) is 0 Å². The summed E-state index contributed by atoms with van der Waals surface area (Å²) < 4.78 is 5.38. The van der Waals surface area contributed by atoms with E-state index in [-0.39, 0.29) is 24.8 Å². The van der Waals surface area contributed by atoms with Crippen LogP contribution in [0.25, 0.3) is 0 Å². The molecule has 1 N–H and O–H groups in total. The molecule has 0 radical (unpaired) electrons. The van der Waals surface area contributed by atoms with Crippen LogP contribution in [0.1, 0.15) is 13.3 Å². The molecule has 136 valence electrons. The summed E-state index contributed by atoms with van der Waals surface area (Å²) in [5.74, 6) is -0.0726. The average Bonchev–Trinajstić information content (AvgIpc) is 3.01. The molecule has 1 saturated heterocycles. The van der Waals surface area contributed by atoms with Crippen LogP contribution in [-0.4, -0.2) is 25.0 Å². The fourth-order valence-electron chi connectivity index (χ4n) is 2.86. The van der Waals surface area contributed by atoms with Crippen LogP contribution in [0.3, 0.4) is 0 Å². The smallest absolute Gasteiger partial charge is 0.229 e. The van der Waals surface area contributed by atoms with Gasteiger partial charge in [-0.3, -0.25) is 9.59 Å². The third kappa shape index (κ3) is 3.94. The second-order valence-corrected chi connectivity index (χ2v) is 6.71. The average molecular weight is 393 g/mol. The number of hydrogen-bond acceptors (Lipinski definition) is 3. The molecule has 1 heterocycles. The van der Waals surface area contributed by atoms with Crippen molar-refractivity contribution in [3.05, 3.63) is 52.5 Å². The number of hydrogen-bond donors (Lipinski definition) is 1. The standard InChI is InChI=1S/C19H18Cl2N2O3/c1-2-26-14-8-6-13(7-9-14)22-19(25)12-10-17(24)23(11-12)16-5-3-4-15(20)18(16)21/h3-9,12H,2,10-11H2,1H3,(H,22,25)/t12-/m1/s1. The number of anilines is 2. The first-order valence-corrected chi connectivity index (χ1v) is 9.03. The van der Waals surface area contributed by atoms with Crippen molar-refractivity contribution in [2.24, 2.45) is 5.92 Å². The summed E-state index contributed by atoms with van der Waals surface area (Å²) in [6.07, 6.45) is 0.131. The lowest BCUT2D eigenvalue weighted by atomic mass is 10.1. The van der Waals surface area contributed by atoms with Crippen LogP contribution in [0.15, 0.2) is 42.5 Å². The quantitative estimate of drug-likeness (QED) is 0.820. The summed E-state index contributed by atoms with van der Waals surface area (Å²) >= 11 is 12.2. The van der Waals surface area contributed by atoms with Crippen LogP contribution in [-0.2, 0) is 9.59 Å². The maximum atomic E-state index is 12.5. The highest BCUT2D eigenvalue weighted by Crippen LogP contribution is 2.35. The predicted octanol–water partition coefficient (Wildman–Crippen LogP) is 4.38. The number of nitrogens with one attached hydrogen (secondary N) is 1. The highest BCUT2D eigenvalue weighted by Gasteiger charge is 2.36. The van der Waals surface area contributed by atoms with Gasteiger partial charge in [-0.05, 0) is 43.3 Å². The van der Waals surface area contributed by atoms with Crippen LogP contribution in [0, 0.1) is 5.92 Å². The third-order valence-corrected chi connectivity index (χ3v) is 4.96. The van der Waals surface area contributed by atoms with E-state index in [1.165, 1.54) is 4.90 Å². The van der Waals surface area contributed by atoms with Crippen molar-refractivity contribution in [3.8, 4) is 5.75 Å². The van der Waals surface area contributed by atoms with Crippen molar-refractivity contribution in [2.75, 3.05) is 23.4 Å².